The van der Waals surface area contributed by atoms with Crippen molar-refractivity contribution in [3.05, 3.63) is 0 Å². The molecule has 6 heteroatoms. The summed E-state index contributed by atoms with van der Waals surface area (Å²) in [4.78, 5) is 29.6. The lowest BCUT2D eigenvalue weighted by Gasteiger charge is -2.37. The smallest absolute Gasteiger partial charge is 0.320 e. The zero-order valence-corrected chi connectivity index (χ0v) is 12.4. The molecule has 2 unspecified atom stereocenters. The van der Waals surface area contributed by atoms with Crippen LogP contribution in [0.25, 0.3) is 0 Å². The van der Waals surface area contributed by atoms with Gasteiger partial charge in [-0.25, -0.2) is 4.79 Å². The number of hydrogen-bond donors (Lipinski definition) is 1. The molecule has 0 aromatic carbocycles. The predicted octanol–water partition coefficient (Wildman–Crippen LogP) is 0.929. The maximum atomic E-state index is 12.6. The first kappa shape index (κ1) is 15.1. The molecule has 0 radical (unpaired) electrons. The van der Waals surface area contributed by atoms with Crippen LogP contribution in [0.3, 0.4) is 0 Å². The summed E-state index contributed by atoms with van der Waals surface area (Å²) in [5.74, 6) is -1.19. The second kappa shape index (κ2) is 6.43. The van der Waals surface area contributed by atoms with Crippen molar-refractivity contribution in [1.82, 2.24) is 14.7 Å². The van der Waals surface area contributed by atoms with E-state index in [0.29, 0.717) is 19.5 Å². The van der Waals surface area contributed by atoms with Gasteiger partial charge in [0, 0.05) is 32.2 Å². The highest BCUT2D eigenvalue weighted by atomic mass is 16.4. The van der Waals surface area contributed by atoms with Gasteiger partial charge < -0.3 is 19.8 Å². The Labute approximate surface area is 120 Å². The number of carboxylic acids is 1. The number of likely N-dealkylation sites (tertiary alicyclic amines) is 1. The fourth-order valence-corrected chi connectivity index (χ4v) is 3.19. The van der Waals surface area contributed by atoms with Crippen molar-refractivity contribution in [3.63, 3.8) is 0 Å². The van der Waals surface area contributed by atoms with E-state index in [1.54, 1.807) is 4.90 Å². The lowest BCUT2D eigenvalue weighted by molar-refractivity contribution is -0.143. The van der Waals surface area contributed by atoms with Crippen LogP contribution in [0.4, 0.5) is 4.79 Å². The second-order valence-electron chi connectivity index (χ2n) is 6.06. The van der Waals surface area contributed by atoms with Crippen molar-refractivity contribution in [1.29, 1.82) is 0 Å². The van der Waals surface area contributed by atoms with Gasteiger partial charge in [0.05, 0.1) is 5.92 Å². The van der Waals surface area contributed by atoms with Gasteiger partial charge in [-0.15, -0.1) is 0 Å². The Kier molecular flexibility index (Phi) is 4.86. The van der Waals surface area contributed by atoms with E-state index in [4.69, 9.17) is 5.11 Å². The van der Waals surface area contributed by atoms with Gasteiger partial charge in [0.15, 0.2) is 0 Å². The standard InChI is InChI=1S/C14H25N3O3/c1-11-9-15(2)6-4-8-17(11)14(20)16-7-3-5-12(10-16)13(18)19/h11-12H,3-10H2,1-2H3,(H,18,19). The summed E-state index contributed by atoms with van der Waals surface area (Å²) in [6.45, 7) is 5.75. The Morgan fingerprint density at radius 1 is 1.10 bits per heavy atom. The van der Waals surface area contributed by atoms with E-state index in [1.807, 2.05) is 4.90 Å². The molecule has 0 saturated carbocycles. The number of amides is 2. The quantitative estimate of drug-likeness (QED) is 0.777. The van der Waals surface area contributed by atoms with E-state index in [1.165, 1.54) is 0 Å². The molecule has 2 atom stereocenters. The van der Waals surface area contributed by atoms with Crippen LogP contribution in [0.5, 0.6) is 0 Å². The number of rotatable bonds is 1. The summed E-state index contributed by atoms with van der Waals surface area (Å²) in [6, 6.07) is 0.193. The summed E-state index contributed by atoms with van der Waals surface area (Å²) in [5, 5.41) is 9.12. The Morgan fingerprint density at radius 2 is 1.85 bits per heavy atom. The van der Waals surface area contributed by atoms with Crippen molar-refractivity contribution in [2.75, 3.05) is 39.8 Å². The van der Waals surface area contributed by atoms with Gasteiger partial charge in [0.2, 0.25) is 0 Å². The van der Waals surface area contributed by atoms with Gasteiger partial charge in [0.25, 0.3) is 0 Å². The van der Waals surface area contributed by atoms with E-state index >= 15 is 0 Å². The lowest BCUT2D eigenvalue weighted by Crippen LogP contribution is -2.52. The number of carboxylic acid groups (broad SMARTS) is 1. The second-order valence-corrected chi connectivity index (χ2v) is 6.06. The van der Waals surface area contributed by atoms with Crippen LogP contribution in [0.15, 0.2) is 0 Å². The van der Waals surface area contributed by atoms with Crippen LogP contribution >= 0.6 is 0 Å². The summed E-state index contributed by atoms with van der Waals surface area (Å²) in [6.07, 6.45) is 2.44. The highest BCUT2D eigenvalue weighted by molar-refractivity contribution is 5.77. The van der Waals surface area contributed by atoms with Gasteiger partial charge in [-0.1, -0.05) is 0 Å². The molecular formula is C14H25N3O3. The Morgan fingerprint density at radius 3 is 2.55 bits per heavy atom. The minimum atomic E-state index is -0.786. The summed E-state index contributed by atoms with van der Waals surface area (Å²) in [7, 11) is 2.08. The molecule has 2 heterocycles. The molecule has 0 bridgehead atoms. The van der Waals surface area contributed by atoms with Crippen molar-refractivity contribution in [2.45, 2.75) is 32.2 Å². The third-order valence-corrected chi connectivity index (χ3v) is 4.33. The zero-order valence-electron chi connectivity index (χ0n) is 12.4. The summed E-state index contributed by atoms with van der Waals surface area (Å²) >= 11 is 0. The number of carbonyl (C=O) groups excluding carboxylic acids is 1. The summed E-state index contributed by atoms with van der Waals surface area (Å²) in [5.41, 5.74) is 0. The fourth-order valence-electron chi connectivity index (χ4n) is 3.19. The molecule has 2 rings (SSSR count). The molecule has 0 spiro atoms. The fraction of sp³-hybridized carbons (Fsp3) is 0.857. The minimum absolute atomic E-state index is 0.0127. The number of piperidine rings is 1. The number of carbonyl (C=O) groups is 2. The molecule has 0 aromatic heterocycles. The number of nitrogens with zero attached hydrogens (tertiary/aromatic N) is 3. The summed E-state index contributed by atoms with van der Waals surface area (Å²) < 4.78 is 0. The highest BCUT2D eigenvalue weighted by Crippen LogP contribution is 2.20. The van der Waals surface area contributed by atoms with Crippen LogP contribution in [0.2, 0.25) is 0 Å². The van der Waals surface area contributed by atoms with E-state index < -0.39 is 11.9 Å². The molecule has 2 fully saturated rings. The average Bonchev–Trinajstić information content (AvgIpc) is 2.58. The van der Waals surface area contributed by atoms with Crippen LogP contribution in [0, 0.1) is 5.92 Å². The van der Waals surface area contributed by atoms with Gasteiger partial charge in [-0.05, 0) is 39.8 Å². The molecular weight excluding hydrogens is 258 g/mol. The molecule has 1 N–H and O–H groups in total. The highest BCUT2D eigenvalue weighted by Gasteiger charge is 2.32. The Bertz CT molecular complexity index is 375. The van der Waals surface area contributed by atoms with E-state index in [9.17, 15) is 9.59 Å². The SMILES string of the molecule is CC1CN(C)CCCN1C(=O)N1CCCC(C(=O)O)C1. The van der Waals surface area contributed by atoms with Crippen LogP contribution in [0.1, 0.15) is 26.2 Å². The van der Waals surface area contributed by atoms with Crippen LogP contribution in [-0.4, -0.2) is 77.6 Å². The number of aliphatic carboxylic acids is 1. The maximum absolute atomic E-state index is 12.6. The first-order valence-corrected chi connectivity index (χ1v) is 7.46. The normalized spacial score (nSPS) is 29.1. The lowest BCUT2D eigenvalue weighted by atomic mass is 9.98. The minimum Gasteiger partial charge on any atom is -0.481 e. The Hall–Kier alpha value is -1.30. The molecule has 0 aliphatic carbocycles. The molecule has 114 valence electrons. The molecule has 2 aliphatic heterocycles. The Balaban J connectivity index is 2.00. The maximum Gasteiger partial charge on any atom is 0.320 e. The van der Waals surface area contributed by atoms with Gasteiger partial charge >= 0.3 is 12.0 Å². The van der Waals surface area contributed by atoms with Crippen molar-refractivity contribution < 1.29 is 14.7 Å². The largest absolute Gasteiger partial charge is 0.481 e. The molecule has 0 aromatic rings. The third kappa shape index (κ3) is 3.42. The van der Waals surface area contributed by atoms with Crippen LogP contribution in [-0.2, 0) is 4.79 Å². The third-order valence-electron chi connectivity index (χ3n) is 4.33. The van der Waals surface area contributed by atoms with E-state index in [-0.39, 0.29) is 12.1 Å². The number of urea groups is 1. The molecule has 6 nitrogen and oxygen atoms in total. The molecule has 2 amide bonds. The van der Waals surface area contributed by atoms with E-state index in [2.05, 4.69) is 18.9 Å². The van der Waals surface area contributed by atoms with Crippen molar-refractivity contribution >= 4 is 12.0 Å². The van der Waals surface area contributed by atoms with Gasteiger partial charge in [0.1, 0.15) is 0 Å². The van der Waals surface area contributed by atoms with Crippen LogP contribution < -0.4 is 0 Å². The molecule has 2 aliphatic rings. The zero-order chi connectivity index (χ0) is 14.7. The van der Waals surface area contributed by atoms with Gasteiger partial charge in [-0.3, -0.25) is 4.79 Å². The van der Waals surface area contributed by atoms with Crippen molar-refractivity contribution in [2.24, 2.45) is 5.92 Å². The van der Waals surface area contributed by atoms with E-state index in [0.717, 1.165) is 32.5 Å². The molecule has 2 saturated heterocycles. The average molecular weight is 283 g/mol. The first-order chi connectivity index (χ1) is 9.49. The van der Waals surface area contributed by atoms with Crippen molar-refractivity contribution in [3.8, 4) is 0 Å². The topological polar surface area (TPSA) is 64.1 Å². The first-order valence-electron chi connectivity index (χ1n) is 7.46. The monoisotopic (exact) mass is 283 g/mol. The number of hydrogen-bond acceptors (Lipinski definition) is 3. The molecule has 20 heavy (non-hydrogen) atoms. The predicted molar refractivity (Wildman–Crippen MR) is 75.6 cm³/mol. The van der Waals surface area contributed by atoms with Gasteiger partial charge in [-0.2, -0.15) is 0 Å². The number of likely N-dealkylation sites (N-methyl/N-ethyl adjacent to an activating group) is 1.